The summed E-state index contributed by atoms with van der Waals surface area (Å²) in [6.07, 6.45) is 6.40. The van der Waals surface area contributed by atoms with Crippen LogP contribution >= 0.6 is 0 Å². The molecule has 0 N–H and O–H groups in total. The number of aryl methyl sites for hydroxylation is 1. The van der Waals surface area contributed by atoms with Gasteiger partial charge in [0.05, 0.1) is 6.33 Å². The molecule has 69 valence electrons. The first-order chi connectivity index (χ1) is 5.66. The molecular weight excluding hydrogens is 150 g/mol. The number of hydrogen-bond donors (Lipinski definition) is 0. The van der Waals surface area contributed by atoms with Crippen molar-refractivity contribution in [2.45, 2.75) is 6.42 Å². The Hall–Kier alpha value is -0.830. The molecule has 1 rings (SSSR count). The maximum atomic E-state index is 3.78. The topological polar surface area (TPSA) is 21.1 Å². The summed E-state index contributed by atoms with van der Waals surface area (Å²) in [5.41, 5.74) is 0. The van der Waals surface area contributed by atoms with Crippen LogP contribution in [0.5, 0.6) is 0 Å². The Balaban J connectivity index is 0.000000202. The van der Waals surface area contributed by atoms with E-state index >= 15 is 0 Å². The van der Waals surface area contributed by atoms with Crippen molar-refractivity contribution in [1.29, 1.82) is 0 Å². The average molecular weight is 168 g/mol. The van der Waals surface area contributed by atoms with Crippen LogP contribution in [0.1, 0.15) is 6.42 Å². The van der Waals surface area contributed by atoms with E-state index in [1.54, 1.807) is 12.5 Å². The molecule has 0 fully saturated rings. The molecule has 0 aromatic carbocycles. The van der Waals surface area contributed by atoms with Crippen molar-refractivity contribution >= 4 is 0 Å². The van der Waals surface area contributed by atoms with E-state index < -0.39 is 0 Å². The van der Waals surface area contributed by atoms with Crippen LogP contribution in [0.25, 0.3) is 0 Å². The second kappa shape index (κ2) is 6.85. The maximum absolute atomic E-state index is 3.78. The van der Waals surface area contributed by atoms with Crippen LogP contribution in [0.2, 0.25) is 0 Å². The molecule has 0 aliphatic rings. The highest BCUT2D eigenvalue weighted by Crippen LogP contribution is 1.75. The summed E-state index contributed by atoms with van der Waals surface area (Å²) < 4.78 is 1.89. The second-order valence-corrected chi connectivity index (χ2v) is 2.88. The molecular formula is C9H18N3. The lowest BCUT2D eigenvalue weighted by Crippen LogP contribution is -2.11. The molecule has 0 saturated heterocycles. The first kappa shape index (κ1) is 11.2. The summed E-state index contributed by atoms with van der Waals surface area (Å²) in [4.78, 5) is 5.90. The SMILES string of the molecule is Cn1ccnc1.[CH2]CCN(C)C. The summed E-state index contributed by atoms with van der Waals surface area (Å²) in [7, 11) is 6.03. The van der Waals surface area contributed by atoms with E-state index in [-0.39, 0.29) is 0 Å². The molecule has 1 aromatic rings. The van der Waals surface area contributed by atoms with Crippen molar-refractivity contribution in [2.75, 3.05) is 20.6 Å². The van der Waals surface area contributed by atoms with Crippen LogP contribution < -0.4 is 0 Å². The largest absolute Gasteiger partial charge is 0.341 e. The zero-order valence-electron chi connectivity index (χ0n) is 8.20. The van der Waals surface area contributed by atoms with E-state index in [2.05, 4.69) is 16.8 Å². The lowest BCUT2D eigenvalue weighted by Gasteiger charge is -2.03. The fourth-order valence-electron chi connectivity index (χ4n) is 0.642. The van der Waals surface area contributed by atoms with Gasteiger partial charge in [-0.25, -0.2) is 4.98 Å². The Kier molecular flexibility index (Phi) is 6.38. The number of imidazole rings is 1. The third-order valence-corrected chi connectivity index (χ3v) is 1.24. The predicted octanol–water partition coefficient (Wildman–Crippen LogP) is 1.19. The van der Waals surface area contributed by atoms with Crippen molar-refractivity contribution in [3.63, 3.8) is 0 Å². The summed E-state index contributed by atoms with van der Waals surface area (Å²) in [5, 5.41) is 0. The highest BCUT2D eigenvalue weighted by atomic mass is 15.0. The highest BCUT2D eigenvalue weighted by Gasteiger charge is 1.79. The maximum Gasteiger partial charge on any atom is 0.0943 e. The molecule has 3 nitrogen and oxygen atoms in total. The zero-order chi connectivity index (χ0) is 9.40. The van der Waals surface area contributed by atoms with Gasteiger partial charge in [0.25, 0.3) is 0 Å². The molecule has 0 amide bonds. The second-order valence-electron chi connectivity index (χ2n) is 2.88. The van der Waals surface area contributed by atoms with E-state index in [0.29, 0.717) is 0 Å². The van der Waals surface area contributed by atoms with Gasteiger partial charge in [-0.15, -0.1) is 0 Å². The number of aromatic nitrogens is 2. The quantitative estimate of drug-likeness (QED) is 0.661. The van der Waals surface area contributed by atoms with Gasteiger partial charge in [-0.3, -0.25) is 0 Å². The molecule has 0 unspecified atom stereocenters. The first-order valence-corrected chi connectivity index (χ1v) is 4.02. The average Bonchev–Trinajstić information content (AvgIpc) is 2.40. The van der Waals surface area contributed by atoms with Gasteiger partial charge in [-0.05, 0) is 27.1 Å². The van der Waals surface area contributed by atoms with Crippen molar-refractivity contribution in [2.24, 2.45) is 7.05 Å². The van der Waals surface area contributed by atoms with Gasteiger partial charge in [-0.1, -0.05) is 6.92 Å². The van der Waals surface area contributed by atoms with Crippen molar-refractivity contribution < 1.29 is 0 Å². The van der Waals surface area contributed by atoms with Gasteiger partial charge in [0.2, 0.25) is 0 Å². The summed E-state index contributed by atoms with van der Waals surface area (Å²) in [6, 6.07) is 0. The summed E-state index contributed by atoms with van der Waals surface area (Å²) in [6.45, 7) is 4.78. The minimum absolute atomic E-state index is 1.01. The third-order valence-electron chi connectivity index (χ3n) is 1.24. The van der Waals surface area contributed by atoms with Crippen molar-refractivity contribution in [3.05, 3.63) is 25.6 Å². The first-order valence-electron chi connectivity index (χ1n) is 4.02. The molecule has 3 heteroatoms. The smallest absolute Gasteiger partial charge is 0.0943 e. The Morgan fingerprint density at radius 3 is 2.25 bits per heavy atom. The van der Waals surface area contributed by atoms with Gasteiger partial charge >= 0.3 is 0 Å². The fourth-order valence-corrected chi connectivity index (χ4v) is 0.642. The van der Waals surface area contributed by atoms with Crippen molar-refractivity contribution in [3.8, 4) is 0 Å². The zero-order valence-corrected chi connectivity index (χ0v) is 8.20. The normalized spacial score (nSPS) is 9.42. The molecule has 0 atom stereocenters. The van der Waals surface area contributed by atoms with Gasteiger partial charge < -0.3 is 9.47 Å². The molecule has 1 aromatic heterocycles. The molecule has 0 aliphatic carbocycles. The van der Waals surface area contributed by atoms with E-state index in [9.17, 15) is 0 Å². The minimum atomic E-state index is 1.01. The number of hydrogen-bond acceptors (Lipinski definition) is 2. The van der Waals surface area contributed by atoms with Crippen LogP contribution in [-0.4, -0.2) is 35.1 Å². The van der Waals surface area contributed by atoms with Gasteiger partial charge in [0.1, 0.15) is 0 Å². The molecule has 12 heavy (non-hydrogen) atoms. The van der Waals surface area contributed by atoms with E-state index in [1.807, 2.05) is 31.9 Å². The molecule has 0 saturated carbocycles. The predicted molar refractivity (Wildman–Crippen MR) is 51.7 cm³/mol. The number of nitrogens with zero attached hydrogens (tertiary/aromatic N) is 3. The third kappa shape index (κ3) is 7.28. The Labute approximate surface area is 75.0 Å². The summed E-state index contributed by atoms with van der Waals surface area (Å²) >= 11 is 0. The minimum Gasteiger partial charge on any atom is -0.341 e. The van der Waals surface area contributed by atoms with Crippen LogP contribution in [0.15, 0.2) is 18.7 Å². The fraction of sp³-hybridized carbons (Fsp3) is 0.556. The Bertz CT molecular complexity index is 168. The lowest BCUT2D eigenvalue weighted by atomic mass is 10.5. The molecule has 1 heterocycles. The van der Waals surface area contributed by atoms with Crippen LogP contribution in [0, 0.1) is 6.92 Å². The van der Waals surface area contributed by atoms with E-state index in [1.165, 1.54) is 0 Å². The lowest BCUT2D eigenvalue weighted by molar-refractivity contribution is 0.416. The van der Waals surface area contributed by atoms with E-state index in [0.717, 1.165) is 13.0 Å². The van der Waals surface area contributed by atoms with E-state index in [4.69, 9.17) is 0 Å². The number of rotatable bonds is 2. The Morgan fingerprint density at radius 1 is 1.50 bits per heavy atom. The summed E-state index contributed by atoms with van der Waals surface area (Å²) in [5.74, 6) is 0. The van der Waals surface area contributed by atoms with Crippen LogP contribution in [-0.2, 0) is 7.05 Å². The van der Waals surface area contributed by atoms with Gasteiger partial charge in [-0.2, -0.15) is 0 Å². The Morgan fingerprint density at radius 2 is 2.17 bits per heavy atom. The van der Waals surface area contributed by atoms with Gasteiger partial charge in [0.15, 0.2) is 0 Å². The van der Waals surface area contributed by atoms with Crippen molar-refractivity contribution in [1.82, 2.24) is 14.5 Å². The van der Waals surface area contributed by atoms with Crippen LogP contribution in [0.3, 0.4) is 0 Å². The monoisotopic (exact) mass is 168 g/mol. The van der Waals surface area contributed by atoms with Gasteiger partial charge in [0, 0.05) is 19.4 Å². The molecule has 0 spiro atoms. The molecule has 1 radical (unpaired) electrons. The standard InChI is InChI=1S/C5H12N.C4H6N2/c1-4-5-6(2)3;1-6-3-2-5-4-6/h1,4-5H2,2-3H3;2-4H,1H3. The van der Waals surface area contributed by atoms with Crippen LogP contribution in [0.4, 0.5) is 0 Å². The highest BCUT2D eigenvalue weighted by molar-refractivity contribution is 4.70. The molecule has 0 bridgehead atoms. The molecule has 0 aliphatic heterocycles.